The maximum absolute atomic E-state index is 13.2. The molecule has 0 bridgehead atoms. The van der Waals surface area contributed by atoms with Gasteiger partial charge in [-0.25, -0.2) is 4.79 Å². The van der Waals surface area contributed by atoms with Crippen LogP contribution in [0.25, 0.3) is 0 Å². The van der Waals surface area contributed by atoms with E-state index in [2.05, 4.69) is 15.8 Å². The minimum absolute atomic E-state index is 0.130. The van der Waals surface area contributed by atoms with Gasteiger partial charge in [0, 0.05) is 22.8 Å². The Labute approximate surface area is 208 Å². The smallest absolute Gasteiger partial charge is 0.337 e. The van der Waals surface area contributed by atoms with Gasteiger partial charge in [0.2, 0.25) is 11.8 Å². The summed E-state index contributed by atoms with van der Waals surface area (Å²) in [6.07, 6.45) is 1.58. The van der Waals surface area contributed by atoms with E-state index in [-0.39, 0.29) is 30.3 Å². The molecule has 1 aliphatic rings. The van der Waals surface area contributed by atoms with Gasteiger partial charge in [0.1, 0.15) is 5.76 Å². The van der Waals surface area contributed by atoms with Gasteiger partial charge in [-0.15, -0.1) is 0 Å². The highest BCUT2D eigenvalue weighted by Crippen LogP contribution is 2.49. The van der Waals surface area contributed by atoms with E-state index in [0.29, 0.717) is 27.7 Å². The summed E-state index contributed by atoms with van der Waals surface area (Å²) in [5, 5.41) is 10.3. The standard InChI is InChI=1S/C26H26ClN3O5/c1-15-22(16(2)35-30-15)13-23(31)28-14-17-10-18(24(32)34-3)12-21(11-17)29-25(33)26(8-9-26)19-4-6-20(27)7-5-19/h4-7,10-12H,8-9,13-14H2,1-3H3,(H,28,31)(H,29,33). The number of nitrogens with zero attached hydrogens (tertiary/aromatic N) is 1. The van der Waals surface area contributed by atoms with E-state index in [1.807, 2.05) is 12.1 Å². The normalized spacial score (nSPS) is 13.7. The van der Waals surface area contributed by atoms with E-state index >= 15 is 0 Å². The molecule has 2 amide bonds. The van der Waals surface area contributed by atoms with Crippen LogP contribution in [0.3, 0.4) is 0 Å². The van der Waals surface area contributed by atoms with Crippen molar-refractivity contribution in [1.82, 2.24) is 10.5 Å². The van der Waals surface area contributed by atoms with Gasteiger partial charge in [-0.3, -0.25) is 9.59 Å². The van der Waals surface area contributed by atoms with Crippen LogP contribution in [-0.4, -0.2) is 30.1 Å². The second-order valence-corrected chi connectivity index (χ2v) is 9.15. The molecule has 0 atom stereocenters. The first-order valence-electron chi connectivity index (χ1n) is 11.2. The molecule has 35 heavy (non-hydrogen) atoms. The molecule has 9 heteroatoms. The van der Waals surface area contributed by atoms with Crippen molar-refractivity contribution in [3.63, 3.8) is 0 Å². The van der Waals surface area contributed by atoms with Crippen LogP contribution in [0.4, 0.5) is 5.69 Å². The molecule has 2 aromatic carbocycles. The van der Waals surface area contributed by atoms with Gasteiger partial charge in [-0.1, -0.05) is 28.9 Å². The van der Waals surface area contributed by atoms with E-state index in [9.17, 15) is 14.4 Å². The van der Waals surface area contributed by atoms with Crippen LogP contribution in [0.15, 0.2) is 47.0 Å². The summed E-state index contributed by atoms with van der Waals surface area (Å²) in [6, 6.07) is 12.2. The molecule has 0 unspecified atom stereocenters. The molecule has 1 aliphatic carbocycles. The van der Waals surface area contributed by atoms with E-state index in [1.54, 1.807) is 44.2 Å². The molecule has 0 aliphatic heterocycles. The Morgan fingerprint density at radius 2 is 1.83 bits per heavy atom. The quantitative estimate of drug-likeness (QED) is 0.452. The maximum atomic E-state index is 13.2. The van der Waals surface area contributed by atoms with Crippen LogP contribution in [0.2, 0.25) is 5.02 Å². The van der Waals surface area contributed by atoms with Crippen LogP contribution < -0.4 is 10.6 Å². The number of carbonyl (C=O) groups is 3. The topological polar surface area (TPSA) is 111 Å². The highest BCUT2D eigenvalue weighted by Gasteiger charge is 2.51. The van der Waals surface area contributed by atoms with Crippen molar-refractivity contribution in [3.8, 4) is 0 Å². The molecule has 0 spiro atoms. The number of anilines is 1. The highest BCUT2D eigenvalue weighted by molar-refractivity contribution is 6.30. The summed E-state index contributed by atoms with van der Waals surface area (Å²) >= 11 is 5.99. The number of hydrogen-bond donors (Lipinski definition) is 2. The Kier molecular flexibility index (Phi) is 6.93. The largest absolute Gasteiger partial charge is 0.465 e. The molecule has 1 heterocycles. The number of aromatic nitrogens is 1. The zero-order valence-corrected chi connectivity index (χ0v) is 20.5. The maximum Gasteiger partial charge on any atom is 0.337 e. The third-order valence-electron chi connectivity index (χ3n) is 6.26. The van der Waals surface area contributed by atoms with Crippen molar-refractivity contribution in [2.24, 2.45) is 0 Å². The van der Waals surface area contributed by atoms with E-state index in [0.717, 1.165) is 24.0 Å². The van der Waals surface area contributed by atoms with Gasteiger partial charge in [0.25, 0.3) is 0 Å². The third kappa shape index (κ3) is 5.38. The lowest BCUT2D eigenvalue weighted by atomic mass is 9.95. The average molecular weight is 496 g/mol. The Hall–Kier alpha value is -3.65. The molecule has 182 valence electrons. The lowest BCUT2D eigenvalue weighted by molar-refractivity contribution is -0.120. The highest BCUT2D eigenvalue weighted by atomic mass is 35.5. The first-order chi connectivity index (χ1) is 16.7. The summed E-state index contributed by atoms with van der Waals surface area (Å²) in [5.74, 6) is -0.309. The molecule has 0 saturated heterocycles. The van der Waals surface area contributed by atoms with Crippen LogP contribution in [0.1, 0.15) is 51.3 Å². The Morgan fingerprint density at radius 3 is 2.43 bits per heavy atom. The number of benzene rings is 2. The van der Waals surface area contributed by atoms with Crippen molar-refractivity contribution >= 4 is 35.1 Å². The summed E-state index contributed by atoms with van der Waals surface area (Å²) in [7, 11) is 1.29. The number of halogens is 1. The number of carbonyl (C=O) groups excluding carboxylic acids is 3. The molecule has 1 fully saturated rings. The second kappa shape index (κ2) is 9.92. The van der Waals surface area contributed by atoms with Crippen molar-refractivity contribution in [1.29, 1.82) is 0 Å². The van der Waals surface area contributed by atoms with E-state index in [1.165, 1.54) is 7.11 Å². The fraction of sp³-hybridized carbons (Fsp3) is 0.308. The van der Waals surface area contributed by atoms with Crippen molar-refractivity contribution in [2.75, 3.05) is 12.4 Å². The van der Waals surface area contributed by atoms with Gasteiger partial charge in [-0.2, -0.15) is 0 Å². The van der Waals surface area contributed by atoms with Crippen LogP contribution in [0.5, 0.6) is 0 Å². The second-order valence-electron chi connectivity index (χ2n) is 8.71. The number of amides is 2. The monoisotopic (exact) mass is 495 g/mol. The number of hydrogen-bond acceptors (Lipinski definition) is 6. The van der Waals surface area contributed by atoms with Crippen molar-refractivity contribution < 1.29 is 23.6 Å². The van der Waals surface area contributed by atoms with Gasteiger partial charge >= 0.3 is 5.97 Å². The fourth-order valence-corrected chi connectivity index (χ4v) is 4.20. The number of nitrogens with one attached hydrogen (secondary N) is 2. The average Bonchev–Trinajstić information content (AvgIpc) is 3.60. The molecule has 1 saturated carbocycles. The van der Waals surface area contributed by atoms with Crippen molar-refractivity contribution in [3.05, 3.63) is 81.2 Å². The Bertz CT molecular complexity index is 1260. The van der Waals surface area contributed by atoms with Gasteiger partial charge < -0.3 is 19.9 Å². The predicted octanol–water partition coefficient (Wildman–Crippen LogP) is 4.26. The Balaban J connectivity index is 1.50. The summed E-state index contributed by atoms with van der Waals surface area (Å²) in [5.41, 5.74) is 3.07. The van der Waals surface area contributed by atoms with Gasteiger partial charge in [0.05, 0.1) is 30.2 Å². The molecule has 4 rings (SSSR count). The fourth-order valence-electron chi connectivity index (χ4n) is 4.07. The molecule has 0 radical (unpaired) electrons. The molecule has 1 aromatic heterocycles. The van der Waals surface area contributed by atoms with E-state index in [4.69, 9.17) is 20.9 Å². The molecular weight excluding hydrogens is 470 g/mol. The zero-order valence-electron chi connectivity index (χ0n) is 19.7. The molecular formula is C26H26ClN3O5. The molecule has 2 N–H and O–H groups in total. The summed E-state index contributed by atoms with van der Waals surface area (Å²) < 4.78 is 9.97. The van der Waals surface area contributed by atoms with Crippen LogP contribution >= 0.6 is 11.6 Å². The Morgan fingerprint density at radius 1 is 1.11 bits per heavy atom. The van der Waals surface area contributed by atoms with E-state index < -0.39 is 11.4 Å². The number of rotatable bonds is 8. The van der Waals surface area contributed by atoms with Gasteiger partial charge in [-0.05, 0) is 68.1 Å². The molecule has 3 aromatic rings. The zero-order chi connectivity index (χ0) is 25.2. The van der Waals surface area contributed by atoms with Crippen LogP contribution in [0, 0.1) is 13.8 Å². The summed E-state index contributed by atoms with van der Waals surface area (Å²) in [4.78, 5) is 37.9. The number of aryl methyl sites for hydroxylation is 2. The first kappa shape index (κ1) is 24.5. The number of esters is 1. The first-order valence-corrected chi connectivity index (χ1v) is 11.6. The van der Waals surface area contributed by atoms with Gasteiger partial charge in [0.15, 0.2) is 0 Å². The van der Waals surface area contributed by atoms with Crippen molar-refractivity contribution in [2.45, 2.75) is 45.1 Å². The SMILES string of the molecule is COC(=O)c1cc(CNC(=O)Cc2c(C)noc2C)cc(NC(=O)C2(c3ccc(Cl)cc3)CC2)c1. The third-order valence-corrected chi connectivity index (χ3v) is 6.51. The lowest BCUT2D eigenvalue weighted by Gasteiger charge is -2.17. The minimum Gasteiger partial charge on any atom is -0.465 e. The molecule has 8 nitrogen and oxygen atoms in total. The minimum atomic E-state index is -0.616. The number of methoxy groups -OCH3 is 1. The number of ether oxygens (including phenoxy) is 1. The van der Waals surface area contributed by atoms with Crippen LogP contribution in [-0.2, 0) is 32.7 Å². The lowest BCUT2D eigenvalue weighted by Crippen LogP contribution is -2.28. The predicted molar refractivity (Wildman–Crippen MR) is 130 cm³/mol. The summed E-state index contributed by atoms with van der Waals surface area (Å²) in [6.45, 7) is 3.71.